The second-order valence-electron chi connectivity index (χ2n) is 8.18. The van der Waals surface area contributed by atoms with E-state index < -0.39 is 34.5 Å². The molecule has 0 spiro atoms. The number of aliphatic imine (C=N–C) groups is 1. The van der Waals surface area contributed by atoms with Crippen molar-refractivity contribution in [2.45, 2.75) is 11.4 Å². The number of amides is 3. The molecule has 0 bridgehead atoms. The molecule has 1 aliphatic rings. The van der Waals surface area contributed by atoms with Crippen LogP contribution in [0.5, 0.6) is 0 Å². The van der Waals surface area contributed by atoms with Crippen molar-refractivity contribution in [3.8, 4) is 0 Å². The second-order valence-corrected chi connectivity index (χ2v) is 11.0. The Morgan fingerprint density at radius 3 is 2.43 bits per heavy atom. The van der Waals surface area contributed by atoms with Crippen LogP contribution >= 0.6 is 23.2 Å². The summed E-state index contributed by atoms with van der Waals surface area (Å²) in [4.78, 5) is 42.7. The maximum atomic E-state index is 12.7. The minimum absolute atomic E-state index is 0.0680. The van der Waals surface area contributed by atoms with Gasteiger partial charge in [0.2, 0.25) is 21.8 Å². The van der Waals surface area contributed by atoms with Crippen LogP contribution < -0.4 is 5.32 Å². The number of hydrogen-bond acceptors (Lipinski definition) is 6. The highest BCUT2D eigenvalue weighted by Gasteiger charge is 2.27. The molecule has 2 aromatic carbocycles. The molecule has 0 unspecified atom stereocenters. The Balaban J connectivity index is 1.51. The van der Waals surface area contributed by atoms with Gasteiger partial charge < -0.3 is 15.3 Å². The first kappa shape index (κ1) is 28.4. The van der Waals surface area contributed by atoms with E-state index in [1.54, 1.807) is 31.3 Å². The molecule has 0 radical (unpaired) electrons. The minimum Gasteiger partial charge on any atom is -0.465 e. The number of hydrogen-bond donors (Lipinski definition) is 2. The van der Waals surface area contributed by atoms with Crippen molar-refractivity contribution >= 4 is 57.0 Å². The third-order valence-corrected chi connectivity index (χ3v) is 8.31. The summed E-state index contributed by atoms with van der Waals surface area (Å²) in [5, 5.41) is 11.6. The van der Waals surface area contributed by atoms with Crippen LogP contribution in [0.3, 0.4) is 0 Å². The Bertz CT molecular complexity index is 1330. The number of likely N-dealkylation sites (N-methyl/N-ethyl adjacent to an activating group) is 2. The van der Waals surface area contributed by atoms with Gasteiger partial charge in [-0.05, 0) is 17.7 Å². The van der Waals surface area contributed by atoms with Crippen LogP contribution in [0, 0.1) is 0 Å². The Hall–Kier alpha value is -3.19. The first-order valence-corrected chi connectivity index (χ1v) is 13.2. The van der Waals surface area contributed by atoms with E-state index in [0.717, 1.165) is 9.87 Å². The molecule has 0 saturated carbocycles. The number of carbonyl (C=O) groups is 3. The fourth-order valence-electron chi connectivity index (χ4n) is 3.51. The number of carbonyl (C=O) groups excluding carboxylic acids is 2. The first-order chi connectivity index (χ1) is 17.4. The molecule has 11 nitrogen and oxygen atoms in total. The Morgan fingerprint density at radius 1 is 1.11 bits per heavy atom. The van der Waals surface area contributed by atoms with Crippen molar-refractivity contribution in [3.63, 3.8) is 0 Å². The fourth-order valence-corrected chi connectivity index (χ4v) is 5.36. The lowest BCUT2D eigenvalue weighted by Crippen LogP contribution is -2.43. The number of sulfonamides is 1. The van der Waals surface area contributed by atoms with Crippen molar-refractivity contribution in [3.05, 3.63) is 63.6 Å². The molecule has 1 aliphatic heterocycles. The molecule has 3 amide bonds. The Labute approximate surface area is 224 Å². The fraction of sp³-hybridized carbons (Fsp3) is 0.304. The lowest BCUT2D eigenvalue weighted by molar-refractivity contribution is -0.132. The van der Waals surface area contributed by atoms with Crippen molar-refractivity contribution in [2.24, 2.45) is 4.99 Å². The van der Waals surface area contributed by atoms with E-state index in [-0.39, 0.29) is 28.0 Å². The summed E-state index contributed by atoms with van der Waals surface area (Å²) in [5.41, 5.74) is 1.44. The highest BCUT2D eigenvalue weighted by Crippen LogP contribution is 2.30. The van der Waals surface area contributed by atoms with Gasteiger partial charge in [0.1, 0.15) is 10.7 Å². The smallest absolute Gasteiger partial charge is 0.413 e. The minimum atomic E-state index is -4.08. The maximum absolute atomic E-state index is 12.7. The molecule has 3 rings (SSSR count). The lowest BCUT2D eigenvalue weighted by atomic mass is 10.1. The van der Waals surface area contributed by atoms with E-state index >= 15 is 0 Å². The number of benzene rings is 2. The van der Waals surface area contributed by atoms with Gasteiger partial charge in [-0.15, -0.1) is 0 Å². The third-order valence-electron chi connectivity index (χ3n) is 5.54. The summed E-state index contributed by atoms with van der Waals surface area (Å²) in [6.07, 6.45) is -1.07. The van der Waals surface area contributed by atoms with E-state index in [2.05, 4.69) is 10.3 Å². The normalized spacial score (nSPS) is 13.4. The van der Waals surface area contributed by atoms with Gasteiger partial charge >= 0.3 is 6.09 Å². The van der Waals surface area contributed by atoms with Crippen molar-refractivity contribution < 1.29 is 27.9 Å². The highest BCUT2D eigenvalue weighted by molar-refractivity contribution is 7.89. The van der Waals surface area contributed by atoms with Gasteiger partial charge in [-0.1, -0.05) is 53.5 Å². The zero-order chi connectivity index (χ0) is 27.3. The Morgan fingerprint density at radius 2 is 1.78 bits per heavy atom. The van der Waals surface area contributed by atoms with Crippen molar-refractivity contribution in [1.82, 2.24) is 19.4 Å². The average molecular weight is 570 g/mol. The quantitative estimate of drug-likeness (QED) is 0.474. The molecule has 0 aliphatic carbocycles. The number of rotatable bonds is 9. The number of carboxylic acid groups (broad SMARTS) is 1. The molecule has 0 atom stereocenters. The van der Waals surface area contributed by atoms with Gasteiger partial charge in [-0.25, -0.2) is 13.2 Å². The molecule has 0 saturated heterocycles. The summed E-state index contributed by atoms with van der Waals surface area (Å²) in [5.74, 6) is -0.676. The predicted octanol–water partition coefficient (Wildman–Crippen LogP) is 2.13. The predicted molar refractivity (Wildman–Crippen MR) is 138 cm³/mol. The number of halogens is 2. The SMILES string of the molecule is CN(Cc1ccc(C2=NCCN2C(=O)O)cc1)C(=O)CNC(=O)CN(C)S(=O)(=O)c1cccc(Cl)c1Cl. The summed E-state index contributed by atoms with van der Waals surface area (Å²) >= 11 is 11.9. The van der Waals surface area contributed by atoms with Gasteiger partial charge in [0.25, 0.3) is 0 Å². The van der Waals surface area contributed by atoms with Crippen LogP contribution in [-0.2, 0) is 26.2 Å². The van der Waals surface area contributed by atoms with E-state index in [1.165, 1.54) is 35.0 Å². The van der Waals surface area contributed by atoms with E-state index in [4.69, 9.17) is 23.2 Å². The topological polar surface area (TPSA) is 140 Å². The zero-order valence-corrected chi connectivity index (χ0v) is 22.3. The maximum Gasteiger partial charge on any atom is 0.413 e. The van der Waals surface area contributed by atoms with Gasteiger partial charge in [-0.3, -0.25) is 19.5 Å². The number of nitrogens with one attached hydrogen (secondary N) is 1. The largest absolute Gasteiger partial charge is 0.465 e. The van der Waals surface area contributed by atoms with Crippen LogP contribution in [0.2, 0.25) is 10.0 Å². The number of nitrogens with zero attached hydrogens (tertiary/aromatic N) is 4. The van der Waals surface area contributed by atoms with Crippen LogP contribution in [0.25, 0.3) is 0 Å². The van der Waals surface area contributed by atoms with Crippen LogP contribution in [0.4, 0.5) is 4.79 Å². The molecule has 2 N–H and O–H groups in total. The standard InChI is InChI=1S/C23H25Cl2N5O6S/c1-28(13-15-6-8-16(9-7-15)22-26-10-11-30(22)23(33)34)20(32)12-27-19(31)14-29(2)37(35,36)18-5-3-4-17(24)21(18)25/h3-9H,10-14H2,1-2H3,(H,27,31)(H,33,34). The summed E-state index contributed by atoms with van der Waals surface area (Å²) in [6.45, 7) is 0.101. The summed E-state index contributed by atoms with van der Waals surface area (Å²) < 4.78 is 26.3. The van der Waals surface area contributed by atoms with Crippen molar-refractivity contribution in [1.29, 1.82) is 0 Å². The zero-order valence-electron chi connectivity index (χ0n) is 20.0. The van der Waals surface area contributed by atoms with Gasteiger partial charge in [-0.2, -0.15) is 4.31 Å². The van der Waals surface area contributed by atoms with Crippen LogP contribution in [0.15, 0.2) is 52.4 Å². The third kappa shape index (κ3) is 6.77. The molecule has 198 valence electrons. The summed E-state index contributed by atoms with van der Waals surface area (Å²) in [7, 11) is -1.30. The molecule has 2 aromatic rings. The van der Waals surface area contributed by atoms with Crippen LogP contribution in [0.1, 0.15) is 11.1 Å². The van der Waals surface area contributed by atoms with Crippen LogP contribution in [-0.4, -0.2) is 91.6 Å². The molecule has 0 fully saturated rings. The Kier molecular flexibility index (Phi) is 9.13. The van der Waals surface area contributed by atoms with Gasteiger partial charge in [0.05, 0.1) is 36.2 Å². The van der Waals surface area contributed by atoms with E-state index in [9.17, 15) is 27.9 Å². The highest BCUT2D eigenvalue weighted by atomic mass is 35.5. The second kappa shape index (κ2) is 11.9. The monoisotopic (exact) mass is 569 g/mol. The van der Waals surface area contributed by atoms with Crippen molar-refractivity contribution in [2.75, 3.05) is 40.3 Å². The van der Waals surface area contributed by atoms with Gasteiger partial charge in [0, 0.05) is 26.2 Å². The molecule has 1 heterocycles. The molecular weight excluding hydrogens is 545 g/mol. The van der Waals surface area contributed by atoms with E-state index in [0.29, 0.717) is 24.5 Å². The summed E-state index contributed by atoms with van der Waals surface area (Å²) in [6, 6.07) is 11.2. The molecule has 14 heteroatoms. The lowest BCUT2D eigenvalue weighted by Gasteiger charge is -2.20. The molecule has 0 aromatic heterocycles. The first-order valence-electron chi connectivity index (χ1n) is 11.0. The molecule has 37 heavy (non-hydrogen) atoms. The van der Waals surface area contributed by atoms with E-state index in [1.807, 2.05) is 0 Å². The molecular formula is C23H25Cl2N5O6S. The number of amidine groups is 1. The van der Waals surface area contributed by atoms with Gasteiger partial charge in [0.15, 0.2) is 0 Å². The average Bonchev–Trinajstić information content (AvgIpc) is 3.35.